The van der Waals surface area contributed by atoms with Crippen LogP contribution in [0.4, 0.5) is 4.79 Å². The van der Waals surface area contributed by atoms with Gasteiger partial charge in [-0.05, 0) is 52.4 Å². The minimum atomic E-state index is -0.446. The highest BCUT2D eigenvalue weighted by Gasteiger charge is 2.35. The summed E-state index contributed by atoms with van der Waals surface area (Å²) in [6, 6.07) is 0.112. The molecule has 0 bridgehead atoms. The monoisotopic (exact) mass is 291 g/mol. The van der Waals surface area contributed by atoms with Crippen LogP contribution < -0.4 is 0 Å². The number of imidazole rings is 1. The summed E-state index contributed by atoms with van der Waals surface area (Å²) in [5.74, 6) is 0.800. The topological polar surface area (TPSA) is 47.4 Å². The van der Waals surface area contributed by atoms with Crippen LogP contribution in [0.25, 0.3) is 0 Å². The number of amides is 1. The fraction of sp³-hybridized carbons (Fsp3) is 0.750. The van der Waals surface area contributed by atoms with Crippen LogP contribution in [0.1, 0.15) is 58.2 Å². The van der Waals surface area contributed by atoms with E-state index in [-0.39, 0.29) is 12.1 Å². The van der Waals surface area contributed by atoms with Crippen molar-refractivity contribution in [2.45, 2.75) is 64.6 Å². The predicted molar refractivity (Wildman–Crippen MR) is 79.9 cm³/mol. The Bertz CT molecular complexity index is 514. The third-order valence-corrected chi connectivity index (χ3v) is 4.12. The molecule has 1 atom stereocenters. The van der Waals surface area contributed by atoms with E-state index in [1.54, 1.807) is 0 Å². The van der Waals surface area contributed by atoms with Crippen molar-refractivity contribution in [3.63, 3.8) is 0 Å². The molecule has 0 N–H and O–H groups in total. The summed E-state index contributed by atoms with van der Waals surface area (Å²) in [6.45, 7) is 7.54. The van der Waals surface area contributed by atoms with Gasteiger partial charge in [-0.2, -0.15) is 0 Å². The van der Waals surface area contributed by atoms with E-state index in [9.17, 15) is 4.79 Å². The van der Waals surface area contributed by atoms with Crippen molar-refractivity contribution in [3.05, 3.63) is 18.2 Å². The van der Waals surface area contributed by atoms with E-state index in [0.29, 0.717) is 0 Å². The Kier molecular flexibility index (Phi) is 3.68. The molecule has 1 aromatic rings. The number of hydrogen-bond acceptors (Lipinski definition) is 3. The van der Waals surface area contributed by atoms with Gasteiger partial charge in [-0.15, -0.1) is 0 Å². The number of hydrogen-bond donors (Lipinski definition) is 0. The van der Waals surface area contributed by atoms with Crippen molar-refractivity contribution < 1.29 is 9.53 Å². The lowest BCUT2D eigenvalue weighted by Gasteiger charge is -2.29. The molecule has 0 radical (unpaired) electrons. The summed E-state index contributed by atoms with van der Waals surface area (Å²) in [5, 5.41) is 0. The molecule has 1 aliphatic carbocycles. The Labute approximate surface area is 126 Å². The number of carbonyl (C=O) groups is 1. The molecule has 1 saturated carbocycles. The Morgan fingerprint density at radius 1 is 1.38 bits per heavy atom. The quantitative estimate of drug-likeness (QED) is 0.858. The second-order valence-electron chi connectivity index (χ2n) is 7.25. The second-order valence-corrected chi connectivity index (χ2v) is 7.25. The molecule has 21 heavy (non-hydrogen) atoms. The Morgan fingerprint density at radius 3 is 2.81 bits per heavy atom. The maximum atomic E-state index is 12.4. The maximum Gasteiger partial charge on any atom is 0.410 e. The summed E-state index contributed by atoms with van der Waals surface area (Å²) in [4.78, 5) is 18.6. The second kappa shape index (κ2) is 5.35. The van der Waals surface area contributed by atoms with E-state index in [2.05, 4.69) is 9.55 Å². The van der Waals surface area contributed by atoms with Crippen molar-refractivity contribution >= 4 is 6.09 Å². The highest BCUT2D eigenvalue weighted by Crippen LogP contribution is 2.36. The first-order valence-corrected chi connectivity index (χ1v) is 7.94. The maximum absolute atomic E-state index is 12.4. The van der Waals surface area contributed by atoms with Gasteiger partial charge in [0.05, 0.1) is 24.3 Å². The van der Waals surface area contributed by atoms with E-state index in [4.69, 9.17) is 4.74 Å². The zero-order valence-corrected chi connectivity index (χ0v) is 13.2. The summed E-state index contributed by atoms with van der Waals surface area (Å²) >= 11 is 0. The fourth-order valence-corrected chi connectivity index (χ4v) is 2.95. The van der Waals surface area contributed by atoms with Crippen LogP contribution in [-0.4, -0.2) is 32.7 Å². The molecule has 1 aliphatic heterocycles. The lowest BCUT2D eigenvalue weighted by atomic mass is 10.1. The molecule has 3 rings (SSSR count). The van der Waals surface area contributed by atoms with Gasteiger partial charge in [0.2, 0.25) is 0 Å². The Hall–Kier alpha value is -1.52. The third-order valence-electron chi connectivity index (χ3n) is 4.12. The van der Waals surface area contributed by atoms with Crippen LogP contribution in [0.15, 0.2) is 12.5 Å². The molecule has 2 aliphatic rings. The van der Waals surface area contributed by atoms with Gasteiger partial charge in [-0.3, -0.25) is 4.90 Å². The van der Waals surface area contributed by atoms with Gasteiger partial charge < -0.3 is 9.30 Å². The molecular weight excluding hydrogens is 266 g/mol. The first-order valence-electron chi connectivity index (χ1n) is 7.94. The molecule has 116 valence electrons. The molecule has 2 fully saturated rings. The van der Waals surface area contributed by atoms with E-state index < -0.39 is 5.60 Å². The number of carbonyl (C=O) groups excluding carboxylic acids is 1. The summed E-state index contributed by atoms with van der Waals surface area (Å²) in [7, 11) is 0. The molecule has 5 nitrogen and oxygen atoms in total. The Morgan fingerprint density at radius 2 is 2.14 bits per heavy atom. The van der Waals surface area contributed by atoms with Gasteiger partial charge in [0, 0.05) is 13.1 Å². The van der Waals surface area contributed by atoms with Crippen molar-refractivity contribution in [1.82, 2.24) is 14.5 Å². The SMILES string of the molecule is CC(C)(C)OC(=O)N1CCCC1c1cncn1CC1CC1. The number of nitrogens with zero attached hydrogens (tertiary/aromatic N) is 3. The van der Waals surface area contributed by atoms with Crippen LogP contribution in [0.3, 0.4) is 0 Å². The zero-order chi connectivity index (χ0) is 15.0. The molecule has 1 amide bonds. The molecule has 5 heteroatoms. The van der Waals surface area contributed by atoms with Crippen molar-refractivity contribution in [3.8, 4) is 0 Å². The largest absolute Gasteiger partial charge is 0.444 e. The Balaban J connectivity index is 1.74. The van der Waals surface area contributed by atoms with Crippen LogP contribution in [-0.2, 0) is 11.3 Å². The first-order chi connectivity index (χ1) is 9.94. The van der Waals surface area contributed by atoms with Gasteiger partial charge in [-0.1, -0.05) is 0 Å². The molecule has 1 unspecified atom stereocenters. The van der Waals surface area contributed by atoms with Crippen molar-refractivity contribution in [2.24, 2.45) is 5.92 Å². The summed E-state index contributed by atoms with van der Waals surface area (Å²) in [5.41, 5.74) is 0.712. The highest BCUT2D eigenvalue weighted by atomic mass is 16.6. The van der Waals surface area contributed by atoms with Gasteiger partial charge in [-0.25, -0.2) is 9.78 Å². The molecule has 0 spiro atoms. The van der Waals surface area contributed by atoms with E-state index in [1.807, 2.05) is 38.2 Å². The van der Waals surface area contributed by atoms with Gasteiger partial charge in [0.15, 0.2) is 0 Å². The van der Waals surface area contributed by atoms with Gasteiger partial charge in [0.25, 0.3) is 0 Å². The lowest BCUT2D eigenvalue weighted by Crippen LogP contribution is -2.37. The number of likely N-dealkylation sites (tertiary alicyclic amines) is 1. The summed E-state index contributed by atoms with van der Waals surface area (Å²) in [6.07, 6.45) is 8.27. The van der Waals surface area contributed by atoms with Crippen molar-refractivity contribution in [1.29, 1.82) is 0 Å². The normalized spacial score (nSPS) is 22.6. The number of ether oxygens (including phenoxy) is 1. The first kappa shape index (κ1) is 14.4. The smallest absolute Gasteiger partial charge is 0.410 e. The number of rotatable bonds is 3. The lowest BCUT2D eigenvalue weighted by molar-refractivity contribution is 0.0219. The van der Waals surface area contributed by atoms with Gasteiger partial charge >= 0.3 is 6.09 Å². The van der Waals surface area contributed by atoms with Crippen LogP contribution in [0, 0.1) is 5.92 Å². The molecule has 0 aromatic carbocycles. The average molecular weight is 291 g/mol. The zero-order valence-electron chi connectivity index (χ0n) is 13.2. The molecule has 1 saturated heterocycles. The fourth-order valence-electron chi connectivity index (χ4n) is 2.95. The minimum Gasteiger partial charge on any atom is -0.444 e. The van der Waals surface area contributed by atoms with Crippen LogP contribution in [0.5, 0.6) is 0 Å². The standard InChI is InChI=1S/C16H25N3O2/c1-16(2,3)21-15(20)19-8-4-5-13(19)14-9-17-11-18(14)10-12-6-7-12/h9,11-13H,4-8,10H2,1-3H3. The van der Waals surface area contributed by atoms with Gasteiger partial charge in [0.1, 0.15) is 5.60 Å². The van der Waals surface area contributed by atoms with E-state index in [0.717, 1.165) is 37.5 Å². The minimum absolute atomic E-state index is 0.112. The van der Waals surface area contributed by atoms with Crippen LogP contribution >= 0.6 is 0 Å². The molecule has 2 heterocycles. The van der Waals surface area contributed by atoms with E-state index in [1.165, 1.54) is 12.8 Å². The van der Waals surface area contributed by atoms with E-state index >= 15 is 0 Å². The predicted octanol–water partition coefficient (Wildman–Crippen LogP) is 3.37. The summed E-state index contributed by atoms with van der Waals surface area (Å²) < 4.78 is 7.77. The average Bonchev–Trinajstić information content (AvgIpc) is 2.88. The number of aromatic nitrogens is 2. The molecule has 1 aromatic heterocycles. The third kappa shape index (κ3) is 3.39. The van der Waals surface area contributed by atoms with Crippen molar-refractivity contribution in [2.75, 3.05) is 6.54 Å². The van der Waals surface area contributed by atoms with Crippen LogP contribution in [0.2, 0.25) is 0 Å². The molecular formula is C16H25N3O2. The highest BCUT2D eigenvalue weighted by molar-refractivity contribution is 5.69.